The molecule has 0 spiro atoms. The van der Waals surface area contributed by atoms with Gasteiger partial charge in [-0.05, 0) is 6.07 Å². The zero-order valence-electron chi connectivity index (χ0n) is 9.67. The number of halogens is 2. The zero-order chi connectivity index (χ0) is 15.4. The number of aliphatic hydroxyl groups excluding tert-OH is 1. The van der Waals surface area contributed by atoms with E-state index in [1.807, 2.05) is 0 Å². The summed E-state index contributed by atoms with van der Waals surface area (Å²) in [5, 5.41) is 29.7. The first-order chi connectivity index (χ1) is 9.27. The number of aliphatic hydroxyl groups is 1. The second-order valence-corrected chi connectivity index (χ2v) is 3.59. The van der Waals surface area contributed by atoms with Crippen LogP contribution in [0.25, 0.3) is 0 Å². The van der Waals surface area contributed by atoms with Gasteiger partial charge >= 0.3 is 5.97 Å². The van der Waals surface area contributed by atoms with Gasteiger partial charge in [0.2, 0.25) is 0 Å². The van der Waals surface area contributed by atoms with Crippen molar-refractivity contribution >= 4 is 17.6 Å². The van der Waals surface area contributed by atoms with Gasteiger partial charge in [0.25, 0.3) is 11.6 Å². The van der Waals surface area contributed by atoms with Crippen molar-refractivity contribution in [1.82, 2.24) is 5.32 Å². The summed E-state index contributed by atoms with van der Waals surface area (Å²) in [5.74, 6) is -5.94. The minimum Gasteiger partial charge on any atom is -0.480 e. The summed E-state index contributed by atoms with van der Waals surface area (Å²) in [6, 6.07) is -1.24. The molecule has 108 valence electrons. The number of carboxylic acid groups (broad SMARTS) is 1. The van der Waals surface area contributed by atoms with Crippen molar-refractivity contribution in [1.29, 1.82) is 0 Å². The Morgan fingerprint density at radius 1 is 1.35 bits per heavy atom. The van der Waals surface area contributed by atoms with Crippen molar-refractivity contribution in [2.45, 2.75) is 6.04 Å². The number of carbonyl (C=O) groups excluding carboxylic acids is 1. The van der Waals surface area contributed by atoms with Crippen LogP contribution in [0.2, 0.25) is 0 Å². The van der Waals surface area contributed by atoms with Crippen LogP contribution < -0.4 is 5.32 Å². The maximum absolute atomic E-state index is 13.0. The first kappa shape index (κ1) is 15.4. The number of hydrogen-bond donors (Lipinski definition) is 3. The summed E-state index contributed by atoms with van der Waals surface area (Å²) in [7, 11) is 0. The molecule has 3 N–H and O–H groups in total. The molecule has 0 aliphatic carbocycles. The van der Waals surface area contributed by atoms with E-state index in [4.69, 9.17) is 10.2 Å². The molecule has 10 heteroatoms. The predicted octanol–water partition coefficient (Wildman–Crippen LogP) is 0.0483. The van der Waals surface area contributed by atoms with E-state index in [0.29, 0.717) is 0 Å². The summed E-state index contributed by atoms with van der Waals surface area (Å²) in [6.07, 6.45) is 0. The molecule has 0 aromatic heterocycles. The van der Waals surface area contributed by atoms with Crippen LogP contribution in [0.3, 0.4) is 0 Å². The lowest BCUT2D eigenvalue weighted by Crippen LogP contribution is -2.43. The molecule has 1 aromatic carbocycles. The standard InChI is InChI=1S/C10H8F2N2O6/c11-5-1-4(8(14(19)20)2-6(5)12)9(16)13-7(3-15)10(17)18/h1-2,7,15H,3H2,(H,13,16)(H,17,18)/t7-/m0/s1. The van der Waals surface area contributed by atoms with Crippen LogP contribution in [0.1, 0.15) is 10.4 Å². The molecule has 20 heavy (non-hydrogen) atoms. The highest BCUT2D eigenvalue weighted by atomic mass is 19.2. The lowest BCUT2D eigenvalue weighted by Gasteiger charge is -2.11. The van der Waals surface area contributed by atoms with Gasteiger partial charge in [-0.15, -0.1) is 0 Å². The number of hydrogen-bond acceptors (Lipinski definition) is 5. The largest absolute Gasteiger partial charge is 0.480 e. The van der Waals surface area contributed by atoms with E-state index in [0.717, 1.165) is 0 Å². The monoisotopic (exact) mass is 290 g/mol. The SMILES string of the molecule is O=C(N[C@@H](CO)C(=O)O)c1cc(F)c(F)cc1[N+](=O)[O-]. The molecule has 1 aromatic rings. The molecule has 0 bridgehead atoms. The van der Waals surface area contributed by atoms with E-state index in [2.05, 4.69) is 0 Å². The zero-order valence-corrected chi connectivity index (χ0v) is 9.67. The molecular formula is C10H8F2N2O6. The predicted molar refractivity (Wildman–Crippen MR) is 59.0 cm³/mol. The molecule has 0 radical (unpaired) electrons. The lowest BCUT2D eigenvalue weighted by atomic mass is 10.1. The van der Waals surface area contributed by atoms with Gasteiger partial charge in [0.05, 0.1) is 17.6 Å². The van der Waals surface area contributed by atoms with E-state index in [9.17, 15) is 28.5 Å². The van der Waals surface area contributed by atoms with Gasteiger partial charge in [-0.1, -0.05) is 0 Å². The third-order valence-corrected chi connectivity index (χ3v) is 2.27. The number of rotatable bonds is 5. The number of carbonyl (C=O) groups is 2. The first-order valence-corrected chi connectivity index (χ1v) is 5.06. The number of carboxylic acids is 1. The highest BCUT2D eigenvalue weighted by Crippen LogP contribution is 2.22. The number of benzene rings is 1. The normalized spacial score (nSPS) is 11.8. The Kier molecular flexibility index (Phi) is 4.64. The van der Waals surface area contributed by atoms with Crippen LogP contribution >= 0.6 is 0 Å². The number of amides is 1. The number of aliphatic carboxylic acids is 1. The van der Waals surface area contributed by atoms with E-state index in [1.165, 1.54) is 0 Å². The first-order valence-electron chi connectivity index (χ1n) is 5.06. The van der Waals surface area contributed by atoms with Crippen LogP contribution in [-0.2, 0) is 4.79 Å². The van der Waals surface area contributed by atoms with Crippen molar-refractivity contribution in [2.24, 2.45) is 0 Å². The summed E-state index contributed by atoms with van der Waals surface area (Å²) < 4.78 is 25.9. The van der Waals surface area contributed by atoms with Gasteiger partial charge in [0.15, 0.2) is 17.7 Å². The molecular weight excluding hydrogens is 282 g/mol. The van der Waals surface area contributed by atoms with E-state index < -0.39 is 52.3 Å². The maximum atomic E-state index is 13.0. The Hall–Kier alpha value is -2.62. The molecule has 0 aliphatic heterocycles. The molecule has 0 heterocycles. The molecule has 0 unspecified atom stereocenters. The van der Waals surface area contributed by atoms with Gasteiger partial charge in [0, 0.05) is 0 Å². The van der Waals surface area contributed by atoms with Crippen molar-refractivity contribution in [3.8, 4) is 0 Å². The third kappa shape index (κ3) is 3.23. The third-order valence-electron chi connectivity index (χ3n) is 2.27. The molecule has 1 atom stereocenters. The fourth-order valence-corrected chi connectivity index (χ4v) is 1.29. The van der Waals surface area contributed by atoms with Crippen molar-refractivity contribution in [2.75, 3.05) is 6.61 Å². The molecule has 0 saturated carbocycles. The van der Waals surface area contributed by atoms with Gasteiger partial charge in [0.1, 0.15) is 5.56 Å². The Morgan fingerprint density at radius 3 is 2.35 bits per heavy atom. The van der Waals surface area contributed by atoms with Crippen LogP contribution in [0, 0.1) is 21.7 Å². The van der Waals surface area contributed by atoms with Crippen LogP contribution in [0.15, 0.2) is 12.1 Å². The molecule has 0 fully saturated rings. The van der Waals surface area contributed by atoms with Gasteiger partial charge in [-0.2, -0.15) is 0 Å². The van der Waals surface area contributed by atoms with Gasteiger partial charge < -0.3 is 15.5 Å². The van der Waals surface area contributed by atoms with Gasteiger partial charge in [-0.3, -0.25) is 14.9 Å². The average molecular weight is 290 g/mol. The van der Waals surface area contributed by atoms with E-state index in [1.54, 1.807) is 5.32 Å². The van der Waals surface area contributed by atoms with Crippen LogP contribution in [0.5, 0.6) is 0 Å². The topological polar surface area (TPSA) is 130 Å². The van der Waals surface area contributed by atoms with E-state index >= 15 is 0 Å². The molecule has 1 rings (SSSR count). The quantitative estimate of drug-likeness (QED) is 0.519. The number of nitro benzene ring substituents is 1. The summed E-state index contributed by atoms with van der Waals surface area (Å²) in [5.41, 5.74) is -1.88. The second-order valence-electron chi connectivity index (χ2n) is 3.59. The fraction of sp³-hybridized carbons (Fsp3) is 0.200. The molecule has 0 aliphatic rings. The van der Waals surface area contributed by atoms with Crippen molar-refractivity contribution in [3.63, 3.8) is 0 Å². The Balaban J connectivity index is 3.18. The molecule has 0 saturated heterocycles. The summed E-state index contributed by atoms with van der Waals surface area (Å²) in [6.45, 7) is -0.974. The van der Waals surface area contributed by atoms with E-state index in [-0.39, 0.29) is 12.1 Å². The minimum absolute atomic E-state index is 0.207. The lowest BCUT2D eigenvalue weighted by molar-refractivity contribution is -0.385. The number of nitro groups is 1. The van der Waals surface area contributed by atoms with Crippen molar-refractivity contribution in [3.05, 3.63) is 39.4 Å². The van der Waals surface area contributed by atoms with Crippen LogP contribution in [-0.4, -0.2) is 39.7 Å². The molecule has 8 nitrogen and oxygen atoms in total. The Morgan fingerprint density at radius 2 is 1.90 bits per heavy atom. The highest BCUT2D eigenvalue weighted by molar-refractivity contribution is 6.00. The summed E-state index contributed by atoms with van der Waals surface area (Å²) in [4.78, 5) is 31.8. The Bertz CT molecular complexity index is 577. The minimum atomic E-state index is -1.73. The second kappa shape index (κ2) is 6.02. The van der Waals surface area contributed by atoms with Gasteiger partial charge in [-0.25, -0.2) is 13.6 Å². The average Bonchev–Trinajstić information content (AvgIpc) is 2.37. The number of nitrogens with zero attached hydrogens (tertiary/aromatic N) is 1. The van der Waals surface area contributed by atoms with Crippen LogP contribution in [0.4, 0.5) is 14.5 Å². The smallest absolute Gasteiger partial charge is 0.328 e. The summed E-state index contributed by atoms with van der Waals surface area (Å²) >= 11 is 0. The van der Waals surface area contributed by atoms with Crippen molar-refractivity contribution < 1.29 is 33.5 Å². The fourth-order valence-electron chi connectivity index (χ4n) is 1.29. The molecule has 1 amide bonds. The highest BCUT2D eigenvalue weighted by Gasteiger charge is 2.27. The Labute approximate surface area is 109 Å². The maximum Gasteiger partial charge on any atom is 0.328 e. The number of nitrogens with one attached hydrogen (secondary N) is 1.